The molecule has 2 aromatic carbocycles. The summed E-state index contributed by atoms with van der Waals surface area (Å²) >= 11 is 0. The molecule has 5 heteroatoms. The van der Waals surface area contributed by atoms with Crippen molar-refractivity contribution in [3.8, 4) is 0 Å². The third-order valence-electron chi connectivity index (χ3n) is 4.53. The minimum atomic E-state index is -1.72. The van der Waals surface area contributed by atoms with Gasteiger partial charge in [0.2, 0.25) is 5.79 Å². The first kappa shape index (κ1) is 16.8. The molecule has 0 saturated carbocycles. The first-order valence-electron chi connectivity index (χ1n) is 7.76. The molecule has 0 spiro atoms. The Morgan fingerprint density at radius 2 is 1.67 bits per heavy atom. The zero-order valence-corrected chi connectivity index (χ0v) is 13.5. The van der Waals surface area contributed by atoms with E-state index in [1.165, 1.54) is 26.0 Å². The summed E-state index contributed by atoms with van der Waals surface area (Å²) in [6, 6.07) is 15.1. The average Bonchev–Trinajstić information content (AvgIpc) is 2.56. The standard InChI is InChI=1S/C19H19FO4/c1-13(21)17-12-19(24-23-18(17,2)22,14-6-4-3-5-7-14)15-8-10-16(20)11-9-15/h3-11,17,22H,12H2,1-2H3. The van der Waals surface area contributed by atoms with Gasteiger partial charge < -0.3 is 5.11 Å². The van der Waals surface area contributed by atoms with E-state index in [-0.39, 0.29) is 18.0 Å². The van der Waals surface area contributed by atoms with Gasteiger partial charge in [-0.25, -0.2) is 9.28 Å². The Bertz CT molecular complexity index is 727. The van der Waals surface area contributed by atoms with Crippen molar-refractivity contribution in [2.75, 3.05) is 0 Å². The Labute approximate surface area is 139 Å². The number of carbonyl (C=O) groups is 1. The Balaban J connectivity index is 2.14. The van der Waals surface area contributed by atoms with Gasteiger partial charge in [0.15, 0.2) is 5.60 Å². The molecule has 1 saturated heterocycles. The van der Waals surface area contributed by atoms with Crippen LogP contribution in [-0.2, 0) is 20.2 Å². The Morgan fingerprint density at radius 3 is 2.25 bits per heavy atom. The molecule has 0 aromatic heterocycles. The van der Waals surface area contributed by atoms with Gasteiger partial charge in [-0.1, -0.05) is 42.5 Å². The molecule has 3 unspecified atom stereocenters. The van der Waals surface area contributed by atoms with Crippen LogP contribution in [0.1, 0.15) is 31.4 Å². The highest BCUT2D eigenvalue weighted by atomic mass is 19.1. The van der Waals surface area contributed by atoms with E-state index in [0.717, 1.165) is 5.56 Å². The van der Waals surface area contributed by atoms with Gasteiger partial charge in [0.25, 0.3) is 0 Å². The SMILES string of the molecule is CC(=O)C1CC(c2ccccc2)(c2ccc(F)cc2)OOC1(C)O. The van der Waals surface area contributed by atoms with Gasteiger partial charge in [-0.05, 0) is 37.1 Å². The Hall–Kier alpha value is -2.08. The molecule has 24 heavy (non-hydrogen) atoms. The molecule has 1 N–H and O–H groups in total. The lowest BCUT2D eigenvalue weighted by Crippen LogP contribution is -2.53. The summed E-state index contributed by atoms with van der Waals surface area (Å²) in [5.74, 6) is -3.07. The second-order valence-electron chi connectivity index (χ2n) is 6.29. The predicted molar refractivity (Wildman–Crippen MR) is 85.2 cm³/mol. The predicted octanol–water partition coefficient (Wildman–Crippen LogP) is 3.33. The summed E-state index contributed by atoms with van der Waals surface area (Å²) in [6.45, 7) is 2.81. The van der Waals surface area contributed by atoms with E-state index in [4.69, 9.17) is 9.78 Å². The molecular weight excluding hydrogens is 311 g/mol. The van der Waals surface area contributed by atoms with E-state index in [1.807, 2.05) is 30.3 Å². The summed E-state index contributed by atoms with van der Waals surface area (Å²) in [5, 5.41) is 10.3. The van der Waals surface area contributed by atoms with Gasteiger partial charge in [-0.2, -0.15) is 4.89 Å². The monoisotopic (exact) mass is 330 g/mol. The summed E-state index contributed by atoms with van der Waals surface area (Å²) in [6.07, 6.45) is 0.185. The van der Waals surface area contributed by atoms with Crippen LogP contribution < -0.4 is 0 Å². The molecule has 1 heterocycles. The zero-order chi connectivity index (χ0) is 17.4. The molecule has 0 aliphatic carbocycles. The van der Waals surface area contributed by atoms with Crippen LogP contribution in [0.4, 0.5) is 4.39 Å². The fourth-order valence-electron chi connectivity index (χ4n) is 3.17. The van der Waals surface area contributed by atoms with Crippen molar-refractivity contribution in [3.05, 3.63) is 71.5 Å². The normalized spacial score (nSPS) is 30.1. The van der Waals surface area contributed by atoms with E-state index in [9.17, 15) is 14.3 Å². The molecule has 1 aliphatic heterocycles. The largest absolute Gasteiger partial charge is 0.363 e. The maximum Gasteiger partial charge on any atom is 0.206 e. The summed E-state index contributed by atoms with van der Waals surface area (Å²) in [4.78, 5) is 22.9. The van der Waals surface area contributed by atoms with Crippen LogP contribution in [0, 0.1) is 11.7 Å². The second-order valence-corrected chi connectivity index (χ2v) is 6.29. The second kappa shape index (κ2) is 6.09. The number of hydrogen-bond acceptors (Lipinski definition) is 4. The van der Waals surface area contributed by atoms with Gasteiger partial charge in [0.1, 0.15) is 11.6 Å². The highest BCUT2D eigenvalue weighted by Gasteiger charge is 2.52. The minimum absolute atomic E-state index is 0.185. The van der Waals surface area contributed by atoms with Crippen LogP contribution in [0.15, 0.2) is 54.6 Å². The summed E-state index contributed by atoms with van der Waals surface area (Å²) in [5.41, 5.74) is 0.309. The van der Waals surface area contributed by atoms with Crippen LogP contribution in [0.5, 0.6) is 0 Å². The summed E-state index contributed by atoms with van der Waals surface area (Å²) < 4.78 is 13.3. The van der Waals surface area contributed by atoms with Gasteiger partial charge in [-0.3, -0.25) is 4.79 Å². The van der Waals surface area contributed by atoms with Crippen LogP contribution in [-0.4, -0.2) is 16.7 Å². The van der Waals surface area contributed by atoms with Gasteiger partial charge >= 0.3 is 0 Å². The molecule has 0 radical (unpaired) electrons. The van der Waals surface area contributed by atoms with Crippen molar-refractivity contribution in [2.45, 2.75) is 31.7 Å². The van der Waals surface area contributed by atoms with Crippen molar-refractivity contribution in [1.82, 2.24) is 0 Å². The maximum atomic E-state index is 13.3. The highest BCUT2D eigenvalue weighted by Crippen LogP contribution is 2.47. The fourth-order valence-corrected chi connectivity index (χ4v) is 3.17. The molecule has 3 rings (SSSR count). The molecule has 3 atom stereocenters. The number of Topliss-reactive ketones (excluding diaryl/α,β-unsaturated/α-hetero) is 1. The number of rotatable bonds is 3. The van der Waals surface area contributed by atoms with E-state index in [1.54, 1.807) is 12.1 Å². The van der Waals surface area contributed by atoms with E-state index < -0.39 is 17.3 Å². The minimum Gasteiger partial charge on any atom is -0.363 e. The van der Waals surface area contributed by atoms with Crippen molar-refractivity contribution >= 4 is 5.78 Å². The lowest BCUT2D eigenvalue weighted by atomic mass is 9.75. The lowest BCUT2D eigenvalue weighted by molar-refractivity contribution is -0.487. The molecule has 126 valence electrons. The zero-order valence-electron chi connectivity index (χ0n) is 13.5. The third kappa shape index (κ3) is 2.86. The Kier molecular flexibility index (Phi) is 4.25. The number of ketones is 1. The molecule has 2 aromatic rings. The number of aliphatic hydroxyl groups is 1. The van der Waals surface area contributed by atoms with E-state index >= 15 is 0 Å². The maximum absolute atomic E-state index is 13.3. The smallest absolute Gasteiger partial charge is 0.206 e. The van der Waals surface area contributed by atoms with Crippen LogP contribution >= 0.6 is 0 Å². The molecule has 1 aliphatic rings. The van der Waals surface area contributed by atoms with Crippen LogP contribution in [0.25, 0.3) is 0 Å². The lowest BCUT2D eigenvalue weighted by Gasteiger charge is -2.45. The van der Waals surface area contributed by atoms with Crippen molar-refractivity contribution < 1.29 is 24.1 Å². The van der Waals surface area contributed by atoms with Crippen molar-refractivity contribution in [3.63, 3.8) is 0 Å². The number of benzene rings is 2. The molecular formula is C19H19FO4. The van der Waals surface area contributed by atoms with Gasteiger partial charge in [-0.15, -0.1) is 0 Å². The molecule has 1 fully saturated rings. The number of carbonyl (C=O) groups excluding carboxylic acids is 1. The van der Waals surface area contributed by atoms with E-state index in [2.05, 4.69) is 0 Å². The Morgan fingerprint density at radius 1 is 1.08 bits per heavy atom. The number of hydrogen-bond donors (Lipinski definition) is 1. The highest BCUT2D eigenvalue weighted by molar-refractivity contribution is 5.79. The third-order valence-corrected chi connectivity index (χ3v) is 4.53. The van der Waals surface area contributed by atoms with E-state index in [0.29, 0.717) is 5.56 Å². The average molecular weight is 330 g/mol. The van der Waals surface area contributed by atoms with Gasteiger partial charge in [0, 0.05) is 6.42 Å². The van der Waals surface area contributed by atoms with Crippen molar-refractivity contribution in [2.24, 2.45) is 5.92 Å². The quantitative estimate of drug-likeness (QED) is 0.877. The molecule has 4 nitrogen and oxygen atoms in total. The van der Waals surface area contributed by atoms with Crippen LogP contribution in [0.3, 0.4) is 0 Å². The molecule has 0 amide bonds. The van der Waals surface area contributed by atoms with Gasteiger partial charge in [0.05, 0.1) is 5.92 Å². The summed E-state index contributed by atoms with van der Waals surface area (Å²) in [7, 11) is 0. The fraction of sp³-hybridized carbons (Fsp3) is 0.316. The number of halogens is 1. The van der Waals surface area contributed by atoms with Crippen LogP contribution in [0.2, 0.25) is 0 Å². The topological polar surface area (TPSA) is 55.8 Å². The molecule has 0 bridgehead atoms. The first-order valence-corrected chi connectivity index (χ1v) is 7.76. The van der Waals surface area contributed by atoms with Crippen molar-refractivity contribution in [1.29, 1.82) is 0 Å². The first-order chi connectivity index (χ1) is 11.3.